The molecule has 1 saturated carbocycles. The minimum Gasteiger partial charge on any atom is -0.386 e. The molecule has 0 aliphatic heterocycles. The molecule has 5 heteroatoms. The van der Waals surface area contributed by atoms with Gasteiger partial charge in [-0.1, -0.05) is 36.4 Å². The van der Waals surface area contributed by atoms with Crippen molar-refractivity contribution in [2.75, 3.05) is 5.75 Å². The van der Waals surface area contributed by atoms with Crippen molar-refractivity contribution >= 4 is 34.8 Å². The lowest BCUT2D eigenvalue weighted by Gasteiger charge is -2.22. The Morgan fingerprint density at radius 1 is 0.943 bits per heavy atom. The summed E-state index contributed by atoms with van der Waals surface area (Å²) >= 11 is 1.84. The van der Waals surface area contributed by atoms with Crippen molar-refractivity contribution in [1.29, 1.82) is 0 Å². The van der Waals surface area contributed by atoms with Crippen LogP contribution in [0.4, 0.5) is 8.78 Å². The molecule has 1 heterocycles. The van der Waals surface area contributed by atoms with Crippen molar-refractivity contribution in [2.45, 2.75) is 37.2 Å². The van der Waals surface area contributed by atoms with Gasteiger partial charge in [-0.05, 0) is 91.3 Å². The van der Waals surface area contributed by atoms with Gasteiger partial charge in [-0.25, -0.2) is 13.8 Å². The van der Waals surface area contributed by atoms with E-state index in [0.717, 1.165) is 51.0 Å². The fourth-order valence-corrected chi connectivity index (χ4v) is 5.41. The summed E-state index contributed by atoms with van der Waals surface area (Å²) in [4.78, 5) is 5.57. The zero-order chi connectivity index (χ0) is 24.6. The summed E-state index contributed by atoms with van der Waals surface area (Å²) in [6.07, 6.45) is 6.44. The topological polar surface area (TPSA) is 33.1 Å². The molecule has 1 N–H and O–H groups in total. The van der Waals surface area contributed by atoms with Gasteiger partial charge >= 0.3 is 0 Å². The number of benzene rings is 3. The van der Waals surface area contributed by atoms with Crippen molar-refractivity contribution < 1.29 is 13.9 Å². The Balaban J connectivity index is 1.41. The number of thioether (sulfide) groups is 1. The third-order valence-corrected chi connectivity index (χ3v) is 7.53. The summed E-state index contributed by atoms with van der Waals surface area (Å²) in [7, 11) is 0. The summed E-state index contributed by atoms with van der Waals surface area (Å²) in [5.41, 5.74) is 4.20. The molecule has 1 aliphatic rings. The second-order valence-corrected chi connectivity index (χ2v) is 10.7. The molecule has 0 saturated heterocycles. The van der Waals surface area contributed by atoms with Crippen LogP contribution in [0.2, 0.25) is 0 Å². The second-order valence-electron chi connectivity index (χ2n) is 9.68. The number of nitrogens with zero attached hydrogens (tertiary/aromatic N) is 1. The molecule has 1 aliphatic carbocycles. The molecule has 178 valence electrons. The summed E-state index contributed by atoms with van der Waals surface area (Å²) in [5, 5.41) is 11.4. The van der Waals surface area contributed by atoms with Crippen LogP contribution in [0.15, 0.2) is 71.6 Å². The average molecular weight is 488 g/mol. The largest absolute Gasteiger partial charge is 0.386 e. The number of halogens is 2. The van der Waals surface area contributed by atoms with E-state index < -0.39 is 17.2 Å². The Labute approximate surface area is 208 Å². The molecule has 5 rings (SSSR count). The number of hydrogen-bond acceptors (Lipinski definition) is 3. The number of rotatable bonds is 7. The Bertz CT molecular complexity index is 1420. The predicted molar refractivity (Wildman–Crippen MR) is 141 cm³/mol. The zero-order valence-corrected chi connectivity index (χ0v) is 20.6. The minimum atomic E-state index is -0.927. The van der Waals surface area contributed by atoms with Gasteiger partial charge in [-0.15, -0.1) is 11.8 Å². The van der Waals surface area contributed by atoms with Crippen molar-refractivity contribution in [3.63, 3.8) is 0 Å². The zero-order valence-electron chi connectivity index (χ0n) is 19.8. The first-order valence-electron chi connectivity index (χ1n) is 11.8. The van der Waals surface area contributed by atoms with Crippen molar-refractivity contribution in [3.05, 3.63) is 95.2 Å². The van der Waals surface area contributed by atoms with E-state index in [4.69, 9.17) is 0 Å². The molecule has 2 nitrogen and oxygen atoms in total. The summed E-state index contributed by atoms with van der Waals surface area (Å²) in [6.45, 7) is 3.67. The third-order valence-electron chi connectivity index (χ3n) is 6.23. The molecule has 0 spiro atoms. The quantitative estimate of drug-likeness (QED) is 0.268. The number of fused-ring (bicyclic) bond motifs is 1. The molecule has 1 aromatic heterocycles. The van der Waals surface area contributed by atoms with E-state index in [1.165, 1.54) is 12.8 Å². The van der Waals surface area contributed by atoms with Gasteiger partial charge in [0.15, 0.2) is 11.6 Å². The second kappa shape index (κ2) is 9.56. The van der Waals surface area contributed by atoms with Crippen molar-refractivity contribution in [2.24, 2.45) is 5.92 Å². The van der Waals surface area contributed by atoms with E-state index in [2.05, 4.69) is 35.3 Å². The molecule has 0 unspecified atom stereocenters. The predicted octanol–water partition coefficient (Wildman–Crippen LogP) is 8.08. The highest BCUT2D eigenvalue weighted by Crippen LogP contribution is 2.39. The van der Waals surface area contributed by atoms with E-state index >= 15 is 0 Å². The molecule has 0 amide bonds. The number of aliphatic hydroxyl groups is 1. The van der Waals surface area contributed by atoms with Crippen LogP contribution >= 0.6 is 11.8 Å². The van der Waals surface area contributed by atoms with Gasteiger partial charge < -0.3 is 5.11 Å². The molecule has 0 bridgehead atoms. The Morgan fingerprint density at radius 3 is 2.49 bits per heavy atom. The average Bonchev–Trinajstić information content (AvgIpc) is 3.66. The molecular formula is C30H27F2NOS. The fourth-order valence-electron chi connectivity index (χ4n) is 4.04. The highest BCUT2D eigenvalue weighted by Gasteiger charge is 2.25. The van der Waals surface area contributed by atoms with E-state index in [-0.39, 0.29) is 0 Å². The van der Waals surface area contributed by atoms with Gasteiger partial charge in [0.1, 0.15) is 0 Å². The fraction of sp³-hybridized carbons (Fsp3) is 0.233. The first-order valence-corrected chi connectivity index (χ1v) is 12.8. The van der Waals surface area contributed by atoms with Gasteiger partial charge in [0.25, 0.3) is 0 Å². The van der Waals surface area contributed by atoms with Gasteiger partial charge in [-0.2, -0.15) is 0 Å². The van der Waals surface area contributed by atoms with Crippen LogP contribution in [-0.4, -0.2) is 15.8 Å². The Morgan fingerprint density at radius 2 is 1.71 bits per heavy atom. The van der Waals surface area contributed by atoms with Crippen LogP contribution in [0, 0.1) is 17.6 Å². The van der Waals surface area contributed by atoms with Gasteiger partial charge in [0.05, 0.1) is 16.8 Å². The molecular weight excluding hydrogens is 460 g/mol. The Hall–Kier alpha value is -3.02. The third kappa shape index (κ3) is 5.63. The first-order chi connectivity index (χ1) is 16.8. The monoisotopic (exact) mass is 487 g/mol. The summed E-state index contributed by atoms with van der Waals surface area (Å²) in [5.74, 6) is 0.144. The first kappa shape index (κ1) is 23.7. The van der Waals surface area contributed by atoms with Crippen LogP contribution in [0.1, 0.15) is 43.5 Å². The van der Waals surface area contributed by atoms with Crippen molar-refractivity contribution in [3.8, 4) is 11.1 Å². The van der Waals surface area contributed by atoms with E-state index in [9.17, 15) is 13.9 Å². The summed E-state index contributed by atoms with van der Waals surface area (Å²) in [6, 6.07) is 20.3. The van der Waals surface area contributed by atoms with Crippen LogP contribution in [0.25, 0.3) is 34.2 Å². The lowest BCUT2D eigenvalue weighted by molar-refractivity contribution is 0.0758. The van der Waals surface area contributed by atoms with Gasteiger partial charge in [0, 0.05) is 22.1 Å². The molecule has 0 atom stereocenters. The maximum atomic E-state index is 13.6. The number of hydrogen-bond donors (Lipinski definition) is 1. The Kier molecular flexibility index (Phi) is 6.47. The van der Waals surface area contributed by atoms with E-state index in [1.807, 2.05) is 49.9 Å². The molecule has 0 radical (unpaired) electrons. The SMILES string of the molecule is CC(C)(O)c1cc(-c2cccc(C=Cc3ccc4cc(F)c(F)cc4n3)c2)ccc1SCC1CC1. The highest BCUT2D eigenvalue weighted by molar-refractivity contribution is 7.99. The molecule has 35 heavy (non-hydrogen) atoms. The maximum absolute atomic E-state index is 13.6. The summed E-state index contributed by atoms with van der Waals surface area (Å²) < 4.78 is 27.0. The minimum absolute atomic E-state index is 0.415. The standard InChI is InChI=1S/C30H27F2NOS/c1-30(2,34)25-15-22(10-13-29(25)35-18-20-6-7-20)21-5-3-4-19(14-21)8-11-24-12-9-23-16-26(31)27(32)17-28(23)33-24/h3-5,8-17,20,34H,6-7,18H2,1-2H3. The lowest BCUT2D eigenvalue weighted by Crippen LogP contribution is -2.17. The van der Waals surface area contributed by atoms with E-state index in [1.54, 1.807) is 12.1 Å². The highest BCUT2D eigenvalue weighted by atomic mass is 32.2. The van der Waals surface area contributed by atoms with Crippen LogP contribution in [-0.2, 0) is 5.60 Å². The van der Waals surface area contributed by atoms with E-state index in [0.29, 0.717) is 16.6 Å². The molecule has 4 aromatic rings. The van der Waals surface area contributed by atoms with Gasteiger partial charge in [-0.3, -0.25) is 0 Å². The molecule has 1 fully saturated rings. The number of pyridine rings is 1. The smallest absolute Gasteiger partial charge is 0.161 e. The van der Waals surface area contributed by atoms with Crippen LogP contribution in [0.3, 0.4) is 0 Å². The lowest BCUT2D eigenvalue weighted by atomic mass is 9.93. The van der Waals surface area contributed by atoms with Crippen LogP contribution < -0.4 is 0 Å². The normalized spacial score (nSPS) is 14.2. The van der Waals surface area contributed by atoms with Crippen LogP contribution in [0.5, 0.6) is 0 Å². The van der Waals surface area contributed by atoms with Gasteiger partial charge in [0.2, 0.25) is 0 Å². The number of aromatic nitrogens is 1. The molecule has 3 aromatic carbocycles. The van der Waals surface area contributed by atoms with Crippen molar-refractivity contribution in [1.82, 2.24) is 4.98 Å². The maximum Gasteiger partial charge on any atom is 0.161 e.